The molecule has 0 radical (unpaired) electrons. The number of nitrogens with one attached hydrogen (secondary N) is 2. The van der Waals surface area contributed by atoms with Crippen molar-refractivity contribution in [2.24, 2.45) is 0 Å². The number of nitrogens with zero attached hydrogens (tertiary/aromatic N) is 2. The second kappa shape index (κ2) is 9.44. The van der Waals surface area contributed by atoms with Crippen LogP contribution in [0.25, 0.3) is 5.57 Å². The molecule has 7 nitrogen and oxygen atoms in total. The topological polar surface area (TPSA) is 113 Å². The Hall–Kier alpha value is -3.42. The molecule has 0 saturated heterocycles. The zero-order valence-electron chi connectivity index (χ0n) is 18.5. The molecule has 8 heteroatoms. The zero-order chi connectivity index (χ0) is 23.7. The highest BCUT2D eigenvalue weighted by atomic mass is 35.5. The normalized spacial score (nSPS) is 21.5. The molecule has 3 atom stereocenters. The minimum Gasteiger partial charge on any atom is -0.399 e. The SMILES string of the molecule is Nc1ccc(C(=O)N[C@H]2C[C@H](O)C[C@@H](Nc3ncc(Cl)c(C4=CCc5ccccc54)n3)C2)cc1. The van der Waals surface area contributed by atoms with Crippen LogP contribution in [0.4, 0.5) is 11.6 Å². The molecule has 1 heterocycles. The quantitative estimate of drug-likeness (QED) is 0.417. The van der Waals surface area contributed by atoms with Crippen LogP contribution in [-0.2, 0) is 6.42 Å². The average Bonchev–Trinajstić information content (AvgIpc) is 3.24. The van der Waals surface area contributed by atoms with Crippen molar-refractivity contribution in [3.05, 3.63) is 88.2 Å². The molecule has 0 aliphatic heterocycles. The zero-order valence-corrected chi connectivity index (χ0v) is 19.3. The van der Waals surface area contributed by atoms with Crippen LogP contribution in [0.1, 0.15) is 46.4 Å². The van der Waals surface area contributed by atoms with Crippen molar-refractivity contribution in [2.45, 2.75) is 43.9 Å². The highest BCUT2D eigenvalue weighted by Crippen LogP contribution is 2.35. The monoisotopic (exact) mass is 475 g/mol. The number of fused-ring (bicyclic) bond motifs is 1. The number of carbonyl (C=O) groups excluding carboxylic acids is 1. The molecule has 0 bridgehead atoms. The lowest BCUT2D eigenvalue weighted by Crippen LogP contribution is -2.46. The largest absolute Gasteiger partial charge is 0.399 e. The van der Waals surface area contributed by atoms with Gasteiger partial charge in [-0.25, -0.2) is 9.97 Å². The third kappa shape index (κ3) is 4.76. The van der Waals surface area contributed by atoms with Gasteiger partial charge in [0.05, 0.1) is 23.0 Å². The first-order valence-electron chi connectivity index (χ1n) is 11.4. The molecular weight excluding hydrogens is 450 g/mol. The van der Waals surface area contributed by atoms with Crippen LogP contribution in [0, 0.1) is 0 Å². The summed E-state index contributed by atoms with van der Waals surface area (Å²) in [6.45, 7) is 0. The lowest BCUT2D eigenvalue weighted by molar-refractivity contribution is 0.0832. The fourth-order valence-electron chi connectivity index (χ4n) is 4.74. The predicted molar refractivity (Wildman–Crippen MR) is 134 cm³/mol. The van der Waals surface area contributed by atoms with Crippen molar-refractivity contribution < 1.29 is 9.90 Å². The molecule has 5 rings (SSSR count). The van der Waals surface area contributed by atoms with E-state index in [1.165, 1.54) is 5.56 Å². The Labute approximate surface area is 203 Å². The van der Waals surface area contributed by atoms with Gasteiger partial charge in [-0.05, 0) is 61.1 Å². The van der Waals surface area contributed by atoms with Gasteiger partial charge in [0.25, 0.3) is 5.91 Å². The minimum absolute atomic E-state index is 0.0978. The molecule has 34 heavy (non-hydrogen) atoms. The third-order valence-electron chi connectivity index (χ3n) is 6.36. The summed E-state index contributed by atoms with van der Waals surface area (Å²) in [5.74, 6) is 0.266. The van der Waals surface area contributed by atoms with E-state index in [0.717, 1.165) is 17.6 Å². The molecule has 0 spiro atoms. The van der Waals surface area contributed by atoms with Crippen molar-refractivity contribution in [3.63, 3.8) is 0 Å². The molecule has 1 saturated carbocycles. The molecule has 1 fully saturated rings. The molecule has 5 N–H and O–H groups in total. The number of halogens is 1. The number of aliphatic hydroxyl groups excluding tert-OH is 1. The second-order valence-corrected chi connectivity index (χ2v) is 9.27. The number of anilines is 2. The molecule has 2 aliphatic carbocycles. The number of hydrogen-bond acceptors (Lipinski definition) is 6. The number of amides is 1. The highest BCUT2D eigenvalue weighted by molar-refractivity contribution is 6.32. The van der Waals surface area contributed by atoms with Crippen molar-refractivity contribution in [3.8, 4) is 0 Å². The number of hydrogen-bond donors (Lipinski definition) is 4. The molecule has 3 aromatic rings. The van der Waals surface area contributed by atoms with Crippen molar-refractivity contribution in [1.82, 2.24) is 15.3 Å². The number of allylic oxidation sites excluding steroid dienone is 1. The first kappa shape index (κ1) is 22.4. The van der Waals surface area contributed by atoms with Gasteiger partial charge in [0, 0.05) is 28.9 Å². The Morgan fingerprint density at radius 1 is 1.06 bits per heavy atom. The number of rotatable bonds is 5. The van der Waals surface area contributed by atoms with Crippen LogP contribution in [-0.4, -0.2) is 39.2 Å². The van der Waals surface area contributed by atoms with Gasteiger partial charge in [0.1, 0.15) is 0 Å². The van der Waals surface area contributed by atoms with Gasteiger partial charge in [0.2, 0.25) is 5.95 Å². The van der Waals surface area contributed by atoms with Crippen molar-refractivity contribution >= 4 is 34.7 Å². The van der Waals surface area contributed by atoms with E-state index in [2.05, 4.69) is 33.8 Å². The lowest BCUT2D eigenvalue weighted by Gasteiger charge is -2.33. The molecular formula is C26H26ClN5O2. The minimum atomic E-state index is -0.542. The van der Waals surface area contributed by atoms with Crippen LogP contribution >= 0.6 is 11.6 Å². The average molecular weight is 476 g/mol. The second-order valence-electron chi connectivity index (χ2n) is 8.86. The summed E-state index contributed by atoms with van der Waals surface area (Å²) in [4.78, 5) is 21.7. The van der Waals surface area contributed by atoms with E-state index in [-0.39, 0.29) is 18.0 Å². The maximum absolute atomic E-state index is 12.6. The van der Waals surface area contributed by atoms with Crippen LogP contribution in [0.15, 0.2) is 60.8 Å². The van der Waals surface area contributed by atoms with Crippen LogP contribution in [0.3, 0.4) is 0 Å². The smallest absolute Gasteiger partial charge is 0.251 e. The summed E-state index contributed by atoms with van der Waals surface area (Å²) in [6.07, 6.45) is 5.72. The van der Waals surface area contributed by atoms with E-state index in [1.807, 2.05) is 12.1 Å². The van der Waals surface area contributed by atoms with E-state index in [0.29, 0.717) is 47.2 Å². The molecule has 0 unspecified atom stereocenters. The van der Waals surface area contributed by atoms with Crippen LogP contribution < -0.4 is 16.4 Å². The fourth-order valence-corrected chi connectivity index (χ4v) is 4.94. The van der Waals surface area contributed by atoms with E-state index in [9.17, 15) is 9.90 Å². The number of benzene rings is 2. The summed E-state index contributed by atoms with van der Waals surface area (Å²) in [6, 6.07) is 14.7. The first-order valence-corrected chi connectivity index (χ1v) is 11.8. The van der Waals surface area contributed by atoms with E-state index < -0.39 is 6.10 Å². The Balaban J connectivity index is 1.29. The molecule has 2 aliphatic rings. The number of aliphatic hydroxyl groups is 1. The van der Waals surface area contributed by atoms with E-state index in [1.54, 1.807) is 30.5 Å². The predicted octanol–water partition coefficient (Wildman–Crippen LogP) is 3.82. The number of nitrogen functional groups attached to an aromatic ring is 1. The van der Waals surface area contributed by atoms with Gasteiger partial charge < -0.3 is 21.5 Å². The van der Waals surface area contributed by atoms with Crippen molar-refractivity contribution in [1.29, 1.82) is 0 Å². The van der Waals surface area contributed by atoms with Gasteiger partial charge >= 0.3 is 0 Å². The summed E-state index contributed by atoms with van der Waals surface area (Å²) in [5.41, 5.74) is 10.9. The standard InChI is InChI=1S/C26H26ClN5O2/c27-23-14-29-26(32-24(23)22-10-7-15-3-1-2-4-21(15)22)31-19-11-18(12-20(33)13-19)30-25(34)16-5-8-17(28)9-6-16/h1-6,8-10,14,18-20,33H,7,11-13,28H2,(H,30,34)(H,29,31,32)/t18-,19+,20+/m1/s1. The Kier molecular flexibility index (Phi) is 6.22. The highest BCUT2D eigenvalue weighted by Gasteiger charge is 2.30. The van der Waals surface area contributed by atoms with Gasteiger partial charge in [-0.1, -0.05) is 41.9 Å². The van der Waals surface area contributed by atoms with Crippen molar-refractivity contribution in [2.75, 3.05) is 11.1 Å². The molecule has 1 amide bonds. The molecule has 174 valence electrons. The van der Waals surface area contributed by atoms with Gasteiger partial charge in [-0.15, -0.1) is 0 Å². The first-order chi connectivity index (χ1) is 16.5. The summed E-state index contributed by atoms with van der Waals surface area (Å²) in [5, 5.41) is 17.3. The third-order valence-corrected chi connectivity index (χ3v) is 6.63. The molecule has 2 aromatic carbocycles. The van der Waals surface area contributed by atoms with E-state index >= 15 is 0 Å². The number of aromatic nitrogens is 2. The summed E-state index contributed by atoms with van der Waals surface area (Å²) < 4.78 is 0. The van der Waals surface area contributed by atoms with Crippen LogP contribution in [0.5, 0.6) is 0 Å². The Morgan fingerprint density at radius 3 is 2.65 bits per heavy atom. The molecule has 1 aromatic heterocycles. The summed E-state index contributed by atoms with van der Waals surface area (Å²) >= 11 is 6.47. The van der Waals surface area contributed by atoms with Crippen LogP contribution in [0.2, 0.25) is 5.02 Å². The lowest BCUT2D eigenvalue weighted by atomic mass is 9.88. The van der Waals surface area contributed by atoms with Gasteiger partial charge in [-0.2, -0.15) is 0 Å². The van der Waals surface area contributed by atoms with Gasteiger partial charge in [-0.3, -0.25) is 4.79 Å². The number of carbonyl (C=O) groups is 1. The van der Waals surface area contributed by atoms with Gasteiger partial charge in [0.15, 0.2) is 0 Å². The Bertz CT molecular complexity index is 1240. The maximum Gasteiger partial charge on any atom is 0.251 e. The number of nitrogens with two attached hydrogens (primary N) is 1. The van der Waals surface area contributed by atoms with E-state index in [4.69, 9.17) is 22.3 Å². The summed E-state index contributed by atoms with van der Waals surface area (Å²) in [7, 11) is 0. The Morgan fingerprint density at radius 2 is 1.82 bits per heavy atom. The fraction of sp³-hybridized carbons (Fsp3) is 0.269. The maximum atomic E-state index is 12.6.